The number of nitrogens with zero attached hydrogens (tertiary/aromatic N) is 2. The molecule has 1 aromatic heterocycles. The van der Waals surface area contributed by atoms with Crippen LogP contribution in [0.4, 0.5) is 8.78 Å². The molecule has 1 heterocycles. The van der Waals surface area contributed by atoms with Gasteiger partial charge in [0, 0.05) is 7.05 Å². The standard InChI is InChI=1S/C16H19F2N3O2/c1-10-5-3-6-11-13(10)21(2)12(20-11)9-19-14(22)16(17,18)15(23)7-4-8-15/h3,5-6,23H,4,7-9H2,1-2H3,(H,19,22). The van der Waals surface area contributed by atoms with Gasteiger partial charge in [0.15, 0.2) is 0 Å². The highest BCUT2D eigenvalue weighted by atomic mass is 19.3. The summed E-state index contributed by atoms with van der Waals surface area (Å²) in [6.07, 6.45) is 0.390. The predicted molar refractivity (Wildman–Crippen MR) is 81.0 cm³/mol. The number of amides is 1. The summed E-state index contributed by atoms with van der Waals surface area (Å²) in [6.45, 7) is 1.82. The number of aryl methyl sites for hydroxylation is 2. The Balaban J connectivity index is 1.77. The molecule has 0 saturated heterocycles. The number of halogens is 2. The largest absolute Gasteiger partial charge is 0.383 e. The Kier molecular flexibility index (Phi) is 3.63. The van der Waals surface area contributed by atoms with Crippen LogP contribution in [0, 0.1) is 6.92 Å². The second kappa shape index (κ2) is 5.26. The predicted octanol–water partition coefficient (Wildman–Crippen LogP) is 2.05. The van der Waals surface area contributed by atoms with Gasteiger partial charge in [-0.25, -0.2) is 4.98 Å². The second-order valence-electron chi connectivity index (χ2n) is 6.17. The maximum absolute atomic E-state index is 14.0. The minimum absolute atomic E-state index is 0.0566. The van der Waals surface area contributed by atoms with Crippen molar-refractivity contribution < 1.29 is 18.7 Å². The third-order valence-corrected chi connectivity index (χ3v) is 4.65. The summed E-state index contributed by atoms with van der Waals surface area (Å²) >= 11 is 0. The number of benzene rings is 1. The molecule has 5 nitrogen and oxygen atoms in total. The summed E-state index contributed by atoms with van der Waals surface area (Å²) in [6, 6.07) is 5.64. The average Bonchev–Trinajstić information content (AvgIpc) is 2.79. The van der Waals surface area contributed by atoms with Gasteiger partial charge in [-0.1, -0.05) is 12.1 Å². The summed E-state index contributed by atoms with van der Waals surface area (Å²) in [4.78, 5) is 16.2. The molecule has 1 aliphatic rings. The van der Waals surface area contributed by atoms with Crippen molar-refractivity contribution in [3.05, 3.63) is 29.6 Å². The van der Waals surface area contributed by atoms with Crippen molar-refractivity contribution in [3.8, 4) is 0 Å². The molecular weight excluding hydrogens is 304 g/mol. The average molecular weight is 323 g/mol. The molecule has 0 aliphatic heterocycles. The molecule has 1 saturated carbocycles. The van der Waals surface area contributed by atoms with Crippen molar-refractivity contribution in [2.45, 2.75) is 44.3 Å². The van der Waals surface area contributed by atoms with Crippen molar-refractivity contribution >= 4 is 16.9 Å². The number of hydrogen-bond acceptors (Lipinski definition) is 3. The van der Waals surface area contributed by atoms with E-state index in [-0.39, 0.29) is 19.4 Å². The number of aromatic nitrogens is 2. The summed E-state index contributed by atoms with van der Waals surface area (Å²) < 4.78 is 29.8. The number of alkyl halides is 2. The number of carbonyl (C=O) groups excluding carboxylic acids is 1. The van der Waals surface area contributed by atoms with E-state index in [0.717, 1.165) is 16.6 Å². The molecule has 7 heteroatoms. The zero-order valence-corrected chi connectivity index (χ0v) is 13.1. The topological polar surface area (TPSA) is 67.2 Å². The van der Waals surface area contributed by atoms with Crippen LogP contribution in [0.2, 0.25) is 0 Å². The summed E-state index contributed by atoms with van der Waals surface area (Å²) in [7, 11) is 1.78. The van der Waals surface area contributed by atoms with Gasteiger partial charge in [0.25, 0.3) is 5.91 Å². The molecule has 0 spiro atoms. The molecule has 1 aromatic carbocycles. The summed E-state index contributed by atoms with van der Waals surface area (Å²) in [5.74, 6) is -4.76. The maximum atomic E-state index is 14.0. The van der Waals surface area contributed by atoms with Gasteiger partial charge in [-0.05, 0) is 37.8 Å². The van der Waals surface area contributed by atoms with Crippen LogP contribution < -0.4 is 5.32 Å². The zero-order chi connectivity index (χ0) is 16.8. The van der Waals surface area contributed by atoms with Crippen molar-refractivity contribution in [1.29, 1.82) is 0 Å². The van der Waals surface area contributed by atoms with Crippen LogP contribution in [-0.2, 0) is 18.4 Å². The zero-order valence-electron chi connectivity index (χ0n) is 13.1. The Labute approximate surface area is 132 Å². The number of rotatable bonds is 4. The molecular formula is C16H19F2N3O2. The van der Waals surface area contributed by atoms with Gasteiger partial charge in [-0.3, -0.25) is 4.79 Å². The lowest BCUT2D eigenvalue weighted by atomic mass is 9.75. The van der Waals surface area contributed by atoms with Crippen LogP contribution in [-0.4, -0.2) is 32.1 Å². The van der Waals surface area contributed by atoms with Crippen molar-refractivity contribution in [3.63, 3.8) is 0 Å². The second-order valence-corrected chi connectivity index (χ2v) is 6.17. The van der Waals surface area contributed by atoms with E-state index < -0.39 is 17.4 Å². The molecule has 3 rings (SSSR count). The Morgan fingerprint density at radius 3 is 2.74 bits per heavy atom. The molecule has 1 aliphatic carbocycles. The van der Waals surface area contributed by atoms with E-state index in [1.807, 2.05) is 25.1 Å². The van der Waals surface area contributed by atoms with E-state index in [1.54, 1.807) is 11.6 Å². The first-order chi connectivity index (χ1) is 10.8. The lowest BCUT2D eigenvalue weighted by Gasteiger charge is -2.41. The highest BCUT2D eigenvalue weighted by Crippen LogP contribution is 2.44. The van der Waals surface area contributed by atoms with E-state index in [2.05, 4.69) is 10.3 Å². The van der Waals surface area contributed by atoms with E-state index in [4.69, 9.17) is 0 Å². The fourth-order valence-electron chi connectivity index (χ4n) is 2.98. The highest BCUT2D eigenvalue weighted by molar-refractivity contribution is 5.85. The fraction of sp³-hybridized carbons (Fsp3) is 0.500. The number of para-hydroxylation sites is 1. The first-order valence-electron chi connectivity index (χ1n) is 7.56. The lowest BCUT2D eigenvalue weighted by Crippen LogP contribution is -2.60. The molecule has 0 bridgehead atoms. The third-order valence-electron chi connectivity index (χ3n) is 4.65. The van der Waals surface area contributed by atoms with Crippen molar-refractivity contribution in [2.75, 3.05) is 0 Å². The molecule has 1 fully saturated rings. The van der Waals surface area contributed by atoms with Crippen LogP contribution in [0.15, 0.2) is 18.2 Å². The third kappa shape index (κ3) is 2.39. The van der Waals surface area contributed by atoms with E-state index >= 15 is 0 Å². The van der Waals surface area contributed by atoms with Crippen LogP contribution >= 0.6 is 0 Å². The Hall–Kier alpha value is -2.02. The van der Waals surface area contributed by atoms with Crippen LogP contribution in [0.1, 0.15) is 30.7 Å². The summed E-state index contributed by atoms with van der Waals surface area (Å²) in [5.41, 5.74) is 0.464. The van der Waals surface area contributed by atoms with Gasteiger partial charge >= 0.3 is 5.92 Å². The monoisotopic (exact) mass is 323 g/mol. The van der Waals surface area contributed by atoms with Crippen LogP contribution in [0.5, 0.6) is 0 Å². The van der Waals surface area contributed by atoms with Crippen molar-refractivity contribution in [1.82, 2.24) is 14.9 Å². The smallest absolute Gasteiger partial charge is 0.352 e. The number of fused-ring (bicyclic) bond motifs is 1. The quantitative estimate of drug-likeness (QED) is 0.905. The van der Waals surface area contributed by atoms with Gasteiger partial charge in [0.2, 0.25) is 0 Å². The van der Waals surface area contributed by atoms with E-state index in [9.17, 15) is 18.7 Å². The fourth-order valence-corrected chi connectivity index (χ4v) is 2.98. The molecule has 0 radical (unpaired) electrons. The van der Waals surface area contributed by atoms with E-state index in [0.29, 0.717) is 12.2 Å². The number of aliphatic hydroxyl groups is 1. The molecule has 23 heavy (non-hydrogen) atoms. The van der Waals surface area contributed by atoms with Gasteiger partial charge in [-0.15, -0.1) is 0 Å². The van der Waals surface area contributed by atoms with Gasteiger partial charge in [0.05, 0.1) is 17.6 Å². The molecule has 0 unspecified atom stereocenters. The normalized spacial score (nSPS) is 17.1. The maximum Gasteiger partial charge on any atom is 0.352 e. The Bertz CT molecular complexity index is 766. The Morgan fingerprint density at radius 1 is 1.48 bits per heavy atom. The molecule has 0 atom stereocenters. The van der Waals surface area contributed by atoms with Crippen LogP contribution in [0.25, 0.3) is 11.0 Å². The number of imidazole rings is 1. The minimum atomic E-state index is -3.79. The van der Waals surface area contributed by atoms with Gasteiger partial charge in [-0.2, -0.15) is 8.78 Å². The number of nitrogens with one attached hydrogen (secondary N) is 1. The SMILES string of the molecule is Cc1cccc2nc(CNC(=O)C(F)(F)C3(O)CCC3)n(C)c12. The molecule has 2 aromatic rings. The lowest BCUT2D eigenvalue weighted by molar-refractivity contribution is -0.216. The first kappa shape index (κ1) is 15.9. The summed E-state index contributed by atoms with van der Waals surface area (Å²) in [5, 5.41) is 12.0. The number of carbonyl (C=O) groups is 1. The van der Waals surface area contributed by atoms with Crippen LogP contribution in [0.3, 0.4) is 0 Å². The van der Waals surface area contributed by atoms with Gasteiger partial charge in [0.1, 0.15) is 11.4 Å². The first-order valence-corrected chi connectivity index (χ1v) is 7.56. The van der Waals surface area contributed by atoms with E-state index in [1.165, 1.54) is 0 Å². The Morgan fingerprint density at radius 2 is 2.17 bits per heavy atom. The molecule has 124 valence electrons. The molecule has 2 N–H and O–H groups in total. The van der Waals surface area contributed by atoms with Gasteiger partial charge < -0.3 is 15.0 Å². The highest BCUT2D eigenvalue weighted by Gasteiger charge is 2.61. The number of hydrogen-bond donors (Lipinski definition) is 2. The van der Waals surface area contributed by atoms with Crippen molar-refractivity contribution in [2.24, 2.45) is 7.05 Å². The minimum Gasteiger partial charge on any atom is -0.383 e. The molecule has 1 amide bonds.